The zero-order valence-corrected chi connectivity index (χ0v) is 18.8. The van der Waals surface area contributed by atoms with Gasteiger partial charge in [0.2, 0.25) is 15.9 Å². The average Bonchev–Trinajstić information content (AvgIpc) is 2.75. The van der Waals surface area contributed by atoms with Crippen molar-refractivity contribution in [3.8, 4) is 0 Å². The van der Waals surface area contributed by atoms with E-state index in [9.17, 15) is 13.2 Å². The molecule has 2 aromatic carbocycles. The first-order valence-corrected chi connectivity index (χ1v) is 11.9. The molecule has 3 rings (SSSR count). The number of anilines is 1. The molecule has 0 aromatic heterocycles. The number of carbonyl (C=O) groups excluding carboxylic acids is 1. The Morgan fingerprint density at radius 3 is 2.50 bits per heavy atom. The second-order valence-corrected chi connectivity index (χ2v) is 9.94. The van der Waals surface area contributed by atoms with Crippen LogP contribution in [0, 0.1) is 6.92 Å². The molecule has 1 aliphatic heterocycles. The summed E-state index contributed by atoms with van der Waals surface area (Å²) in [7, 11) is -1.62. The predicted molar refractivity (Wildman–Crippen MR) is 120 cm³/mol. The highest BCUT2D eigenvalue weighted by Crippen LogP contribution is 2.23. The summed E-state index contributed by atoms with van der Waals surface area (Å²) in [5.41, 5.74) is 2.86. The van der Waals surface area contributed by atoms with E-state index in [1.54, 1.807) is 24.3 Å². The minimum absolute atomic E-state index is 0.168. The van der Waals surface area contributed by atoms with Gasteiger partial charge in [0.05, 0.1) is 10.9 Å². The molecule has 1 heterocycles. The van der Waals surface area contributed by atoms with Crippen LogP contribution in [0.25, 0.3) is 0 Å². The van der Waals surface area contributed by atoms with Crippen LogP contribution in [0.3, 0.4) is 0 Å². The first-order valence-electron chi connectivity index (χ1n) is 10.4. The molecule has 6 nitrogen and oxygen atoms in total. The number of amides is 1. The van der Waals surface area contributed by atoms with Crippen molar-refractivity contribution in [1.82, 2.24) is 9.21 Å². The summed E-state index contributed by atoms with van der Waals surface area (Å²) in [4.78, 5) is 15.0. The summed E-state index contributed by atoms with van der Waals surface area (Å²) >= 11 is 0. The van der Waals surface area contributed by atoms with Gasteiger partial charge in [0.15, 0.2) is 0 Å². The molecule has 0 saturated carbocycles. The lowest BCUT2D eigenvalue weighted by molar-refractivity contribution is -0.120. The van der Waals surface area contributed by atoms with Crippen molar-refractivity contribution in [2.75, 3.05) is 25.5 Å². The van der Waals surface area contributed by atoms with E-state index in [1.807, 2.05) is 31.0 Å². The van der Waals surface area contributed by atoms with Crippen molar-refractivity contribution in [2.45, 2.75) is 50.6 Å². The first-order chi connectivity index (χ1) is 14.3. The summed E-state index contributed by atoms with van der Waals surface area (Å²) in [6, 6.07) is 14.3. The number of hydrogen-bond donors (Lipinski definition) is 1. The average molecular weight is 430 g/mol. The minimum atomic E-state index is -3.53. The third-order valence-corrected chi connectivity index (χ3v) is 7.67. The van der Waals surface area contributed by atoms with Crippen molar-refractivity contribution in [1.29, 1.82) is 0 Å². The SMILES string of the molecule is Cc1ccccc1CN(C)[C@H](C)C(=O)Nc1cccc(S(=O)(=O)N2CCCCC2)c1. The fourth-order valence-electron chi connectivity index (χ4n) is 3.63. The Morgan fingerprint density at radius 1 is 1.10 bits per heavy atom. The smallest absolute Gasteiger partial charge is 0.243 e. The number of likely N-dealkylation sites (N-methyl/N-ethyl adjacent to an activating group) is 1. The van der Waals surface area contributed by atoms with Gasteiger partial charge in [-0.25, -0.2) is 8.42 Å². The molecule has 1 aliphatic rings. The van der Waals surface area contributed by atoms with Crippen LogP contribution in [-0.4, -0.2) is 49.7 Å². The summed E-state index contributed by atoms with van der Waals surface area (Å²) in [6.45, 7) is 5.67. The van der Waals surface area contributed by atoms with Gasteiger partial charge in [0.25, 0.3) is 0 Å². The maximum absolute atomic E-state index is 12.9. The second kappa shape index (κ2) is 9.73. The third kappa shape index (κ3) is 5.28. The number of benzene rings is 2. The van der Waals surface area contributed by atoms with Crippen LogP contribution in [0.5, 0.6) is 0 Å². The van der Waals surface area contributed by atoms with Crippen LogP contribution in [0.1, 0.15) is 37.3 Å². The lowest BCUT2D eigenvalue weighted by Crippen LogP contribution is -2.39. The highest BCUT2D eigenvalue weighted by atomic mass is 32.2. The molecular weight excluding hydrogens is 398 g/mol. The lowest BCUT2D eigenvalue weighted by Gasteiger charge is -2.26. The number of nitrogens with one attached hydrogen (secondary N) is 1. The van der Waals surface area contributed by atoms with E-state index in [0.29, 0.717) is 25.3 Å². The number of nitrogens with zero attached hydrogens (tertiary/aromatic N) is 2. The summed E-state index contributed by atoms with van der Waals surface area (Å²) in [5, 5.41) is 2.87. The molecule has 1 amide bonds. The van der Waals surface area contributed by atoms with Crippen molar-refractivity contribution in [2.24, 2.45) is 0 Å². The zero-order chi connectivity index (χ0) is 21.7. The lowest BCUT2D eigenvalue weighted by atomic mass is 10.1. The Bertz CT molecular complexity index is 985. The van der Waals surface area contributed by atoms with E-state index < -0.39 is 10.0 Å². The van der Waals surface area contributed by atoms with E-state index in [1.165, 1.54) is 15.4 Å². The standard InChI is InChI=1S/C23H31N3O3S/c1-18-10-5-6-11-20(18)17-25(3)19(2)23(27)24-21-12-9-13-22(16-21)30(28,29)26-14-7-4-8-15-26/h5-6,9-13,16,19H,4,7-8,14-15,17H2,1-3H3,(H,24,27)/t19-/m1/s1. The summed E-state index contributed by atoms with van der Waals surface area (Å²) in [5.74, 6) is -0.168. The molecule has 0 bridgehead atoms. The van der Waals surface area contributed by atoms with Crippen molar-refractivity contribution < 1.29 is 13.2 Å². The maximum atomic E-state index is 12.9. The fourth-order valence-corrected chi connectivity index (χ4v) is 5.19. The number of sulfonamides is 1. The molecule has 0 radical (unpaired) electrons. The molecule has 0 unspecified atom stereocenters. The molecular formula is C23H31N3O3S. The van der Waals surface area contributed by atoms with Crippen molar-refractivity contribution >= 4 is 21.6 Å². The second-order valence-electron chi connectivity index (χ2n) is 8.00. The van der Waals surface area contributed by atoms with Gasteiger partial charge in [0.1, 0.15) is 0 Å². The number of hydrogen-bond acceptors (Lipinski definition) is 4. The number of piperidine rings is 1. The molecule has 7 heteroatoms. The topological polar surface area (TPSA) is 69.7 Å². The largest absolute Gasteiger partial charge is 0.325 e. The molecule has 1 saturated heterocycles. The minimum Gasteiger partial charge on any atom is -0.325 e. The van der Waals surface area contributed by atoms with Crippen LogP contribution >= 0.6 is 0 Å². The van der Waals surface area contributed by atoms with Gasteiger partial charge in [-0.1, -0.05) is 36.8 Å². The molecule has 2 aromatic rings. The van der Waals surface area contributed by atoms with E-state index >= 15 is 0 Å². The maximum Gasteiger partial charge on any atom is 0.243 e. The fraction of sp³-hybridized carbons (Fsp3) is 0.435. The monoisotopic (exact) mass is 429 g/mol. The predicted octanol–water partition coefficient (Wildman–Crippen LogP) is 3.63. The molecule has 1 N–H and O–H groups in total. The van der Waals surface area contributed by atoms with Crippen LogP contribution in [-0.2, 0) is 21.4 Å². The van der Waals surface area contributed by atoms with Crippen molar-refractivity contribution in [3.05, 3.63) is 59.7 Å². The molecule has 30 heavy (non-hydrogen) atoms. The van der Waals surface area contributed by atoms with Gasteiger partial charge >= 0.3 is 0 Å². The zero-order valence-electron chi connectivity index (χ0n) is 18.0. The summed E-state index contributed by atoms with van der Waals surface area (Å²) in [6.07, 6.45) is 2.84. The quantitative estimate of drug-likeness (QED) is 0.730. The Hall–Kier alpha value is -2.22. The highest BCUT2D eigenvalue weighted by molar-refractivity contribution is 7.89. The van der Waals surface area contributed by atoms with Gasteiger partial charge in [-0.05, 0) is 63.1 Å². The summed E-state index contributed by atoms with van der Waals surface area (Å²) < 4.78 is 27.4. The van der Waals surface area contributed by atoms with Gasteiger partial charge in [-0.2, -0.15) is 4.31 Å². The molecule has 162 valence electrons. The van der Waals surface area contributed by atoms with Gasteiger partial charge < -0.3 is 5.32 Å². The normalized spacial score (nSPS) is 16.4. The van der Waals surface area contributed by atoms with Crippen LogP contribution in [0.2, 0.25) is 0 Å². The van der Waals surface area contributed by atoms with Crippen molar-refractivity contribution in [3.63, 3.8) is 0 Å². The van der Waals surface area contributed by atoms with E-state index in [2.05, 4.69) is 24.4 Å². The van der Waals surface area contributed by atoms with E-state index in [-0.39, 0.29) is 16.8 Å². The van der Waals surface area contributed by atoms with Crippen LogP contribution < -0.4 is 5.32 Å². The van der Waals surface area contributed by atoms with Gasteiger partial charge in [-0.3, -0.25) is 9.69 Å². The Labute approximate surface area is 179 Å². The molecule has 0 spiro atoms. The molecule has 1 fully saturated rings. The van der Waals surface area contributed by atoms with Crippen LogP contribution in [0.4, 0.5) is 5.69 Å². The Kier molecular flexibility index (Phi) is 7.28. The number of carbonyl (C=O) groups is 1. The molecule has 1 atom stereocenters. The van der Waals surface area contributed by atoms with E-state index in [4.69, 9.17) is 0 Å². The Morgan fingerprint density at radius 2 is 1.80 bits per heavy atom. The number of aryl methyl sites for hydroxylation is 1. The van der Waals surface area contributed by atoms with Gasteiger partial charge in [-0.15, -0.1) is 0 Å². The molecule has 0 aliphatic carbocycles. The Balaban J connectivity index is 1.67. The van der Waals surface area contributed by atoms with E-state index in [0.717, 1.165) is 19.3 Å². The number of rotatable bonds is 7. The first kappa shape index (κ1) is 22.5. The van der Waals surface area contributed by atoms with Gasteiger partial charge in [0, 0.05) is 25.3 Å². The highest BCUT2D eigenvalue weighted by Gasteiger charge is 2.26. The van der Waals surface area contributed by atoms with Crippen LogP contribution in [0.15, 0.2) is 53.4 Å². The third-order valence-electron chi connectivity index (χ3n) is 5.78.